The fraction of sp³-hybridized carbons (Fsp3) is 0.286. The van der Waals surface area contributed by atoms with Crippen LogP contribution in [0.25, 0.3) is 6.08 Å². The minimum Gasteiger partial charge on any atom is -0.273 e. The Balaban J connectivity index is 1.82. The number of rotatable bonds is 3. The molecule has 1 aliphatic rings. The molecule has 0 radical (unpaired) electrons. The molecule has 1 aromatic rings. The number of hydrogen-bond donors (Lipinski definition) is 2. The SMILES string of the molecule is O=C(/C=C/c1cccc(Br)c1)NNC(=O)[C@H]1CCS(=O)(=O)C1. The maximum atomic E-state index is 11.7. The van der Waals surface area contributed by atoms with Gasteiger partial charge in [-0.1, -0.05) is 28.1 Å². The van der Waals surface area contributed by atoms with E-state index in [4.69, 9.17) is 0 Å². The van der Waals surface area contributed by atoms with E-state index < -0.39 is 27.6 Å². The summed E-state index contributed by atoms with van der Waals surface area (Å²) in [6.45, 7) is 0. The molecular formula is C14H15BrN2O4S. The maximum absolute atomic E-state index is 11.7. The first-order chi connectivity index (χ1) is 10.4. The fourth-order valence-electron chi connectivity index (χ4n) is 2.05. The smallest absolute Gasteiger partial charge is 0.262 e. The van der Waals surface area contributed by atoms with Crippen LogP contribution in [-0.4, -0.2) is 31.7 Å². The van der Waals surface area contributed by atoms with Crippen molar-refractivity contribution in [3.8, 4) is 0 Å². The van der Waals surface area contributed by atoms with Crippen molar-refractivity contribution in [2.75, 3.05) is 11.5 Å². The van der Waals surface area contributed by atoms with Crippen molar-refractivity contribution in [2.45, 2.75) is 6.42 Å². The molecule has 8 heteroatoms. The molecule has 1 aromatic carbocycles. The molecule has 0 spiro atoms. The van der Waals surface area contributed by atoms with Gasteiger partial charge in [-0.15, -0.1) is 0 Å². The van der Waals surface area contributed by atoms with E-state index in [-0.39, 0.29) is 17.9 Å². The zero-order valence-corrected chi connectivity index (χ0v) is 14.0. The van der Waals surface area contributed by atoms with Gasteiger partial charge >= 0.3 is 0 Å². The number of nitrogens with one attached hydrogen (secondary N) is 2. The van der Waals surface area contributed by atoms with Crippen LogP contribution in [0.3, 0.4) is 0 Å². The number of amides is 2. The molecule has 118 valence electrons. The first kappa shape index (κ1) is 16.7. The Hall–Kier alpha value is -1.67. The predicted octanol–water partition coefficient (Wildman–Crippen LogP) is 1.04. The minimum absolute atomic E-state index is 0.0157. The van der Waals surface area contributed by atoms with Gasteiger partial charge in [0.15, 0.2) is 9.84 Å². The average Bonchev–Trinajstić information content (AvgIpc) is 2.83. The Morgan fingerprint density at radius 2 is 2.05 bits per heavy atom. The lowest BCUT2D eigenvalue weighted by molar-refractivity contribution is -0.129. The highest BCUT2D eigenvalue weighted by atomic mass is 79.9. The van der Waals surface area contributed by atoms with E-state index in [2.05, 4.69) is 26.8 Å². The third-order valence-electron chi connectivity index (χ3n) is 3.19. The van der Waals surface area contributed by atoms with Gasteiger partial charge in [-0.25, -0.2) is 8.42 Å². The number of sulfone groups is 1. The van der Waals surface area contributed by atoms with Crippen LogP contribution in [0.1, 0.15) is 12.0 Å². The molecule has 1 aliphatic heterocycles. The van der Waals surface area contributed by atoms with Crippen molar-refractivity contribution in [2.24, 2.45) is 5.92 Å². The van der Waals surface area contributed by atoms with Crippen molar-refractivity contribution in [1.29, 1.82) is 0 Å². The van der Waals surface area contributed by atoms with Crippen molar-refractivity contribution in [3.05, 3.63) is 40.4 Å². The molecule has 2 amide bonds. The molecule has 0 aromatic heterocycles. The zero-order chi connectivity index (χ0) is 16.2. The third kappa shape index (κ3) is 4.96. The van der Waals surface area contributed by atoms with E-state index >= 15 is 0 Å². The normalized spacial score (nSPS) is 20.0. The Labute approximate surface area is 137 Å². The van der Waals surface area contributed by atoms with E-state index in [9.17, 15) is 18.0 Å². The molecule has 22 heavy (non-hydrogen) atoms. The lowest BCUT2D eigenvalue weighted by atomic mass is 10.1. The van der Waals surface area contributed by atoms with Crippen molar-refractivity contribution in [1.82, 2.24) is 10.9 Å². The summed E-state index contributed by atoms with van der Waals surface area (Å²) in [6.07, 6.45) is 3.18. The van der Waals surface area contributed by atoms with E-state index in [1.165, 1.54) is 6.08 Å². The molecule has 6 nitrogen and oxygen atoms in total. The second-order valence-electron chi connectivity index (χ2n) is 4.97. The second-order valence-corrected chi connectivity index (χ2v) is 8.11. The van der Waals surface area contributed by atoms with Gasteiger partial charge in [0.1, 0.15) is 0 Å². The van der Waals surface area contributed by atoms with Crippen LogP contribution in [0.4, 0.5) is 0 Å². The molecule has 1 fully saturated rings. The lowest BCUT2D eigenvalue weighted by Gasteiger charge is -2.09. The number of carbonyl (C=O) groups is 2. The highest BCUT2D eigenvalue weighted by Gasteiger charge is 2.32. The summed E-state index contributed by atoms with van der Waals surface area (Å²) >= 11 is 3.33. The molecule has 0 saturated carbocycles. The lowest BCUT2D eigenvalue weighted by Crippen LogP contribution is -2.44. The average molecular weight is 387 g/mol. The summed E-state index contributed by atoms with van der Waals surface area (Å²) < 4.78 is 23.5. The van der Waals surface area contributed by atoms with Gasteiger partial charge in [0.05, 0.1) is 17.4 Å². The summed E-state index contributed by atoms with van der Waals surface area (Å²) in [7, 11) is -3.12. The third-order valence-corrected chi connectivity index (χ3v) is 5.45. The van der Waals surface area contributed by atoms with Crippen LogP contribution in [0.5, 0.6) is 0 Å². The number of benzene rings is 1. The monoisotopic (exact) mass is 386 g/mol. The largest absolute Gasteiger partial charge is 0.273 e. The van der Waals surface area contributed by atoms with Gasteiger partial charge in [-0.3, -0.25) is 20.4 Å². The predicted molar refractivity (Wildman–Crippen MR) is 86.2 cm³/mol. The molecular weight excluding hydrogens is 372 g/mol. The Morgan fingerprint density at radius 1 is 1.27 bits per heavy atom. The van der Waals surface area contributed by atoms with Crippen molar-refractivity contribution >= 4 is 43.7 Å². The number of hydrogen-bond acceptors (Lipinski definition) is 4. The number of halogens is 1. The van der Waals surface area contributed by atoms with Gasteiger partial charge in [0.25, 0.3) is 5.91 Å². The first-order valence-electron chi connectivity index (χ1n) is 6.60. The zero-order valence-electron chi connectivity index (χ0n) is 11.6. The molecule has 0 unspecified atom stereocenters. The van der Waals surface area contributed by atoms with E-state index in [0.717, 1.165) is 10.0 Å². The van der Waals surface area contributed by atoms with Gasteiger partial charge in [-0.05, 0) is 30.2 Å². The molecule has 1 heterocycles. The molecule has 0 aliphatic carbocycles. The van der Waals surface area contributed by atoms with Gasteiger partial charge in [0.2, 0.25) is 5.91 Å². The van der Waals surface area contributed by atoms with Crippen LogP contribution >= 0.6 is 15.9 Å². The quantitative estimate of drug-likeness (QED) is 0.599. The first-order valence-corrected chi connectivity index (χ1v) is 9.21. The van der Waals surface area contributed by atoms with Crippen molar-refractivity contribution < 1.29 is 18.0 Å². The summed E-state index contributed by atoms with van der Waals surface area (Å²) in [5.41, 5.74) is 5.32. The summed E-state index contributed by atoms with van der Waals surface area (Å²) in [5, 5.41) is 0. The van der Waals surface area contributed by atoms with Gasteiger partial charge < -0.3 is 0 Å². The van der Waals surface area contributed by atoms with Gasteiger partial charge in [-0.2, -0.15) is 0 Å². The standard InChI is InChI=1S/C14H15BrN2O4S/c15-12-3-1-2-10(8-12)4-5-13(18)16-17-14(19)11-6-7-22(20,21)9-11/h1-5,8,11H,6-7,9H2,(H,16,18)(H,17,19)/b5-4+/t11-/m0/s1. The Kier molecular flexibility index (Phi) is 5.36. The molecule has 1 atom stereocenters. The van der Waals surface area contributed by atoms with Crippen LogP contribution in [0, 0.1) is 5.92 Å². The van der Waals surface area contributed by atoms with Crippen LogP contribution in [0.2, 0.25) is 0 Å². The molecule has 2 N–H and O–H groups in total. The molecule has 2 rings (SSSR count). The summed E-state index contributed by atoms with van der Waals surface area (Å²) in [5.74, 6) is -1.72. The van der Waals surface area contributed by atoms with E-state index in [1.807, 2.05) is 24.3 Å². The molecule has 0 bridgehead atoms. The van der Waals surface area contributed by atoms with Crippen LogP contribution < -0.4 is 10.9 Å². The minimum atomic E-state index is -3.12. The van der Waals surface area contributed by atoms with Gasteiger partial charge in [0, 0.05) is 10.5 Å². The van der Waals surface area contributed by atoms with Crippen LogP contribution in [0.15, 0.2) is 34.8 Å². The van der Waals surface area contributed by atoms with Crippen molar-refractivity contribution in [3.63, 3.8) is 0 Å². The maximum Gasteiger partial charge on any atom is 0.262 e. The van der Waals surface area contributed by atoms with E-state index in [1.54, 1.807) is 6.08 Å². The number of carbonyl (C=O) groups excluding carboxylic acids is 2. The second kappa shape index (κ2) is 7.06. The number of hydrazine groups is 1. The van der Waals surface area contributed by atoms with Crippen LogP contribution in [-0.2, 0) is 19.4 Å². The highest BCUT2D eigenvalue weighted by molar-refractivity contribution is 9.10. The highest BCUT2D eigenvalue weighted by Crippen LogP contribution is 2.18. The fourth-order valence-corrected chi connectivity index (χ4v) is 4.21. The topological polar surface area (TPSA) is 92.3 Å². The Morgan fingerprint density at radius 3 is 2.68 bits per heavy atom. The summed E-state index contributed by atoms with van der Waals surface area (Å²) in [4.78, 5) is 23.3. The summed E-state index contributed by atoms with van der Waals surface area (Å²) in [6, 6.07) is 7.37. The Bertz CT molecular complexity index is 715. The molecule has 1 saturated heterocycles. The van der Waals surface area contributed by atoms with E-state index in [0.29, 0.717) is 0 Å².